The molecule has 0 saturated heterocycles. The molecule has 2 N–H and O–H groups in total. The van der Waals surface area contributed by atoms with Gasteiger partial charge in [-0.05, 0) is 50.4 Å². The van der Waals surface area contributed by atoms with Crippen LogP contribution in [0.2, 0.25) is 0 Å². The quantitative estimate of drug-likeness (QED) is 0.812. The summed E-state index contributed by atoms with van der Waals surface area (Å²) in [4.78, 5) is 11.1. The van der Waals surface area contributed by atoms with Crippen LogP contribution < -0.4 is 5.32 Å². The maximum atomic E-state index is 11.1. The van der Waals surface area contributed by atoms with Gasteiger partial charge >= 0.3 is 5.97 Å². The molecule has 2 aliphatic carbocycles. The molecule has 104 valence electrons. The van der Waals surface area contributed by atoms with E-state index in [1.807, 2.05) is 0 Å². The van der Waals surface area contributed by atoms with Gasteiger partial charge in [-0.2, -0.15) is 0 Å². The van der Waals surface area contributed by atoms with Crippen molar-refractivity contribution in [2.75, 3.05) is 0 Å². The number of hydrogen-bond acceptors (Lipinski definition) is 2. The lowest BCUT2D eigenvalue weighted by molar-refractivity contribution is -0.143. The smallest absolute Gasteiger partial charge is 0.306 e. The zero-order valence-electron chi connectivity index (χ0n) is 11.7. The number of aliphatic carboxylic acids is 1. The second-order valence-corrected chi connectivity index (χ2v) is 6.68. The molecule has 2 rings (SSSR count). The molecule has 0 aromatic heterocycles. The highest BCUT2D eigenvalue weighted by Crippen LogP contribution is 2.31. The molecular weight excluding hydrogens is 226 g/mol. The van der Waals surface area contributed by atoms with Gasteiger partial charge in [0.25, 0.3) is 0 Å². The number of carboxylic acids is 1. The first kappa shape index (κ1) is 13.9. The molecule has 2 aliphatic rings. The molecule has 0 bridgehead atoms. The predicted molar refractivity (Wildman–Crippen MR) is 72.5 cm³/mol. The van der Waals surface area contributed by atoms with Gasteiger partial charge in [0.1, 0.15) is 0 Å². The van der Waals surface area contributed by atoms with Gasteiger partial charge in [-0.3, -0.25) is 4.79 Å². The highest BCUT2D eigenvalue weighted by molar-refractivity contribution is 5.70. The van der Waals surface area contributed by atoms with Gasteiger partial charge in [0.15, 0.2) is 0 Å². The topological polar surface area (TPSA) is 49.3 Å². The minimum atomic E-state index is -0.605. The largest absolute Gasteiger partial charge is 0.481 e. The molecule has 0 spiro atoms. The number of carbonyl (C=O) groups is 1. The Morgan fingerprint density at radius 1 is 1.00 bits per heavy atom. The molecule has 0 heterocycles. The second kappa shape index (κ2) is 6.05. The first-order valence-electron chi connectivity index (χ1n) is 7.53. The average molecular weight is 253 g/mol. The summed E-state index contributed by atoms with van der Waals surface area (Å²) in [5.41, 5.74) is 0. The Morgan fingerprint density at radius 3 is 2.28 bits per heavy atom. The molecule has 0 aromatic rings. The maximum absolute atomic E-state index is 11.1. The van der Waals surface area contributed by atoms with Gasteiger partial charge in [-0.15, -0.1) is 0 Å². The summed E-state index contributed by atoms with van der Waals surface area (Å²) in [6.07, 6.45) is 7.78. The highest BCUT2D eigenvalue weighted by Gasteiger charge is 2.30. The molecule has 2 fully saturated rings. The summed E-state index contributed by atoms with van der Waals surface area (Å²) in [5, 5.41) is 12.9. The lowest BCUT2D eigenvalue weighted by Gasteiger charge is -2.37. The fourth-order valence-electron chi connectivity index (χ4n) is 3.98. The zero-order valence-corrected chi connectivity index (χ0v) is 11.7. The third-order valence-electron chi connectivity index (χ3n) is 4.67. The van der Waals surface area contributed by atoms with Crippen molar-refractivity contribution in [2.24, 2.45) is 17.8 Å². The Balaban J connectivity index is 1.83. The molecule has 3 heteroatoms. The van der Waals surface area contributed by atoms with Crippen LogP contribution in [0.1, 0.15) is 58.8 Å². The molecule has 4 unspecified atom stereocenters. The van der Waals surface area contributed by atoms with E-state index in [4.69, 9.17) is 5.11 Å². The van der Waals surface area contributed by atoms with Gasteiger partial charge in [-0.1, -0.05) is 20.3 Å². The summed E-state index contributed by atoms with van der Waals surface area (Å²) in [5.74, 6) is 0.900. The monoisotopic (exact) mass is 253 g/mol. The van der Waals surface area contributed by atoms with Gasteiger partial charge in [0, 0.05) is 12.1 Å². The van der Waals surface area contributed by atoms with E-state index in [2.05, 4.69) is 19.2 Å². The van der Waals surface area contributed by atoms with Crippen LogP contribution in [0.4, 0.5) is 0 Å². The summed E-state index contributed by atoms with van der Waals surface area (Å²) in [7, 11) is 0. The minimum Gasteiger partial charge on any atom is -0.481 e. The van der Waals surface area contributed by atoms with E-state index >= 15 is 0 Å². The number of carboxylic acid groups (broad SMARTS) is 1. The van der Waals surface area contributed by atoms with E-state index in [9.17, 15) is 4.79 Å². The molecule has 4 atom stereocenters. The molecule has 0 aromatic carbocycles. The van der Waals surface area contributed by atoms with Crippen LogP contribution in [-0.2, 0) is 4.79 Å². The van der Waals surface area contributed by atoms with Crippen LogP contribution in [0.3, 0.4) is 0 Å². The van der Waals surface area contributed by atoms with E-state index in [0.29, 0.717) is 12.1 Å². The first-order chi connectivity index (χ1) is 8.54. The van der Waals surface area contributed by atoms with Crippen molar-refractivity contribution in [1.82, 2.24) is 5.32 Å². The van der Waals surface area contributed by atoms with Crippen LogP contribution >= 0.6 is 0 Å². The predicted octanol–water partition coefficient (Wildman–Crippen LogP) is 3.04. The second-order valence-electron chi connectivity index (χ2n) is 6.68. The third-order valence-corrected chi connectivity index (χ3v) is 4.67. The average Bonchev–Trinajstić information content (AvgIpc) is 2.27. The molecule has 0 amide bonds. The molecule has 3 nitrogen and oxygen atoms in total. The van der Waals surface area contributed by atoms with Gasteiger partial charge in [0.05, 0.1) is 5.92 Å². The van der Waals surface area contributed by atoms with Crippen LogP contribution in [0.25, 0.3) is 0 Å². The molecule has 0 radical (unpaired) electrons. The Labute approximate surface area is 110 Å². The SMILES string of the molecule is CC1CC(C)CC(NC2CCCC(C(=O)O)C2)C1. The first-order valence-corrected chi connectivity index (χ1v) is 7.53. The molecule has 2 saturated carbocycles. The van der Waals surface area contributed by atoms with Crippen LogP contribution in [0.5, 0.6) is 0 Å². The highest BCUT2D eigenvalue weighted by atomic mass is 16.4. The van der Waals surface area contributed by atoms with Crippen molar-refractivity contribution in [2.45, 2.75) is 70.9 Å². The molecule has 0 aliphatic heterocycles. The van der Waals surface area contributed by atoms with Crippen LogP contribution in [0.15, 0.2) is 0 Å². The summed E-state index contributed by atoms with van der Waals surface area (Å²) in [6, 6.07) is 1.05. The van der Waals surface area contributed by atoms with Crippen molar-refractivity contribution in [1.29, 1.82) is 0 Å². The Hall–Kier alpha value is -0.570. The Kier molecular flexibility index (Phi) is 4.66. The van der Waals surface area contributed by atoms with Gasteiger partial charge in [-0.25, -0.2) is 0 Å². The minimum absolute atomic E-state index is 0.116. The normalized spacial score (nSPS) is 41.6. The van der Waals surface area contributed by atoms with E-state index in [1.165, 1.54) is 19.3 Å². The lowest BCUT2D eigenvalue weighted by atomic mass is 9.79. The van der Waals surface area contributed by atoms with E-state index in [0.717, 1.165) is 37.5 Å². The Morgan fingerprint density at radius 2 is 1.67 bits per heavy atom. The maximum Gasteiger partial charge on any atom is 0.306 e. The fraction of sp³-hybridized carbons (Fsp3) is 0.933. The number of rotatable bonds is 3. The third kappa shape index (κ3) is 3.71. The fourth-order valence-corrected chi connectivity index (χ4v) is 3.98. The van der Waals surface area contributed by atoms with E-state index in [1.54, 1.807) is 0 Å². The van der Waals surface area contributed by atoms with Gasteiger partial charge in [0.2, 0.25) is 0 Å². The summed E-state index contributed by atoms with van der Waals surface area (Å²) < 4.78 is 0. The van der Waals surface area contributed by atoms with E-state index < -0.39 is 5.97 Å². The molecular formula is C15H27NO2. The van der Waals surface area contributed by atoms with Gasteiger partial charge < -0.3 is 10.4 Å². The van der Waals surface area contributed by atoms with E-state index in [-0.39, 0.29) is 5.92 Å². The number of hydrogen-bond donors (Lipinski definition) is 2. The summed E-state index contributed by atoms with van der Waals surface area (Å²) in [6.45, 7) is 4.68. The van der Waals surface area contributed by atoms with Crippen LogP contribution in [-0.4, -0.2) is 23.2 Å². The van der Waals surface area contributed by atoms with Crippen LogP contribution in [0, 0.1) is 17.8 Å². The van der Waals surface area contributed by atoms with Crippen molar-refractivity contribution in [3.63, 3.8) is 0 Å². The van der Waals surface area contributed by atoms with Crippen molar-refractivity contribution >= 4 is 5.97 Å². The van der Waals surface area contributed by atoms with Crippen molar-refractivity contribution < 1.29 is 9.90 Å². The number of nitrogens with one attached hydrogen (secondary N) is 1. The standard InChI is InChI=1S/C15H27NO2/c1-10-6-11(2)8-14(7-10)16-13-5-3-4-12(9-13)15(17)18/h10-14,16H,3-9H2,1-2H3,(H,17,18). The lowest BCUT2D eigenvalue weighted by Crippen LogP contribution is -2.45. The summed E-state index contributed by atoms with van der Waals surface area (Å²) >= 11 is 0. The zero-order chi connectivity index (χ0) is 13.1. The molecule has 18 heavy (non-hydrogen) atoms. The van der Waals surface area contributed by atoms with Crippen molar-refractivity contribution in [3.05, 3.63) is 0 Å². The van der Waals surface area contributed by atoms with Crippen molar-refractivity contribution in [3.8, 4) is 0 Å². The Bertz CT molecular complexity index is 282.